The van der Waals surface area contributed by atoms with Gasteiger partial charge in [0.05, 0.1) is 33.3 Å². The van der Waals surface area contributed by atoms with E-state index in [-0.39, 0.29) is 4.90 Å². The molecule has 0 radical (unpaired) electrons. The third-order valence-corrected chi connectivity index (χ3v) is 7.71. The zero-order chi connectivity index (χ0) is 22.4. The number of nitrogens with zero attached hydrogens (tertiary/aromatic N) is 1. The number of sulfonamides is 1. The average molecular weight is 450 g/mol. The van der Waals surface area contributed by atoms with Crippen LogP contribution in [0.15, 0.2) is 41.3 Å². The lowest BCUT2D eigenvalue weighted by Gasteiger charge is -2.31. The highest BCUT2D eigenvalue weighted by molar-refractivity contribution is 7.89. The molecule has 0 bridgehead atoms. The van der Waals surface area contributed by atoms with Gasteiger partial charge in [-0.25, -0.2) is 8.42 Å². The van der Waals surface area contributed by atoms with Crippen LogP contribution in [-0.4, -0.2) is 54.3 Å². The summed E-state index contributed by atoms with van der Waals surface area (Å²) in [6.45, 7) is 1.03. The molecule has 8 heteroatoms. The molecule has 3 rings (SSSR count). The van der Waals surface area contributed by atoms with Crippen LogP contribution in [0, 0.1) is 5.92 Å². The molecule has 0 N–H and O–H groups in total. The van der Waals surface area contributed by atoms with Crippen LogP contribution in [0.4, 0.5) is 0 Å². The predicted octanol–water partition coefficient (Wildman–Crippen LogP) is 3.75. The molecule has 1 aliphatic rings. The largest absolute Gasteiger partial charge is 0.497 e. The Morgan fingerprint density at radius 1 is 0.839 bits per heavy atom. The molecule has 1 fully saturated rings. The summed E-state index contributed by atoms with van der Waals surface area (Å²) in [5.74, 6) is 2.96. The lowest BCUT2D eigenvalue weighted by Crippen LogP contribution is -2.38. The molecule has 7 nitrogen and oxygen atoms in total. The molecule has 0 aliphatic carbocycles. The van der Waals surface area contributed by atoms with Crippen LogP contribution >= 0.6 is 0 Å². The quantitative estimate of drug-likeness (QED) is 0.580. The van der Waals surface area contributed by atoms with E-state index in [0.29, 0.717) is 30.5 Å². The molecule has 1 saturated heterocycles. The summed E-state index contributed by atoms with van der Waals surface area (Å²) >= 11 is 0. The highest BCUT2D eigenvalue weighted by Gasteiger charge is 2.30. The molecule has 0 saturated carbocycles. The van der Waals surface area contributed by atoms with E-state index in [1.54, 1.807) is 30.7 Å². The zero-order valence-electron chi connectivity index (χ0n) is 18.6. The van der Waals surface area contributed by atoms with Crippen molar-refractivity contribution in [2.75, 3.05) is 41.5 Å². The Morgan fingerprint density at radius 2 is 1.45 bits per heavy atom. The van der Waals surface area contributed by atoms with Crippen LogP contribution in [0.1, 0.15) is 24.8 Å². The van der Waals surface area contributed by atoms with Crippen molar-refractivity contribution in [3.63, 3.8) is 0 Å². The first kappa shape index (κ1) is 23.2. The maximum atomic E-state index is 13.1. The Bertz CT molecular complexity index is 961. The van der Waals surface area contributed by atoms with Crippen LogP contribution in [0.2, 0.25) is 0 Å². The molecule has 0 unspecified atom stereocenters. The number of rotatable bonds is 9. The number of aryl methyl sites for hydroxylation is 1. The topological polar surface area (TPSA) is 74.3 Å². The van der Waals surface area contributed by atoms with Crippen LogP contribution in [0.5, 0.6) is 23.0 Å². The summed E-state index contributed by atoms with van der Waals surface area (Å²) in [5.41, 5.74) is 1.16. The van der Waals surface area contributed by atoms with Gasteiger partial charge in [0.15, 0.2) is 11.5 Å². The van der Waals surface area contributed by atoms with E-state index in [9.17, 15) is 8.42 Å². The molecule has 0 spiro atoms. The molecule has 31 heavy (non-hydrogen) atoms. The molecule has 1 heterocycles. The van der Waals surface area contributed by atoms with E-state index in [1.165, 1.54) is 20.3 Å². The first-order valence-electron chi connectivity index (χ1n) is 10.4. The predicted molar refractivity (Wildman–Crippen MR) is 119 cm³/mol. The Kier molecular flexibility index (Phi) is 7.67. The minimum atomic E-state index is -3.56. The van der Waals surface area contributed by atoms with Crippen molar-refractivity contribution >= 4 is 10.0 Å². The maximum absolute atomic E-state index is 13.1. The van der Waals surface area contributed by atoms with Gasteiger partial charge in [0, 0.05) is 25.2 Å². The fraction of sp³-hybridized carbons (Fsp3) is 0.478. The molecule has 0 aromatic heterocycles. The van der Waals surface area contributed by atoms with Gasteiger partial charge in [-0.1, -0.05) is 0 Å². The number of hydrogen-bond acceptors (Lipinski definition) is 6. The molecule has 2 aromatic carbocycles. The number of hydrogen-bond donors (Lipinski definition) is 0. The summed E-state index contributed by atoms with van der Waals surface area (Å²) in [7, 11) is 2.75. The highest BCUT2D eigenvalue weighted by Crippen LogP contribution is 2.33. The molecule has 2 aromatic rings. The molecule has 170 valence electrons. The second-order valence-electron chi connectivity index (χ2n) is 7.62. The van der Waals surface area contributed by atoms with Gasteiger partial charge >= 0.3 is 0 Å². The number of benzene rings is 2. The third-order valence-electron chi connectivity index (χ3n) is 5.82. The van der Waals surface area contributed by atoms with Gasteiger partial charge in [-0.2, -0.15) is 4.31 Å². The maximum Gasteiger partial charge on any atom is 0.243 e. The number of piperidine rings is 1. The highest BCUT2D eigenvalue weighted by atomic mass is 32.2. The normalized spacial score (nSPS) is 15.5. The first-order valence-corrected chi connectivity index (χ1v) is 11.8. The van der Waals surface area contributed by atoms with E-state index >= 15 is 0 Å². The zero-order valence-corrected chi connectivity index (χ0v) is 19.4. The van der Waals surface area contributed by atoms with Crippen molar-refractivity contribution < 1.29 is 27.4 Å². The summed E-state index contributed by atoms with van der Waals surface area (Å²) < 4.78 is 48.9. The average Bonchev–Trinajstić information content (AvgIpc) is 2.82. The number of ether oxygens (including phenoxy) is 4. The van der Waals surface area contributed by atoms with Gasteiger partial charge in [0.25, 0.3) is 0 Å². The number of methoxy groups -OCH3 is 4. The lowest BCUT2D eigenvalue weighted by molar-refractivity contribution is 0.263. The van der Waals surface area contributed by atoms with Gasteiger partial charge in [0.2, 0.25) is 10.0 Å². The second-order valence-corrected chi connectivity index (χ2v) is 9.56. The Morgan fingerprint density at radius 3 is 2.00 bits per heavy atom. The molecular formula is C23H31NO6S. The van der Waals surface area contributed by atoms with Gasteiger partial charge in [-0.15, -0.1) is 0 Å². The molecule has 0 atom stereocenters. The molecule has 0 amide bonds. The third kappa shape index (κ3) is 5.43. The monoisotopic (exact) mass is 449 g/mol. The minimum absolute atomic E-state index is 0.229. The van der Waals surface area contributed by atoms with Crippen molar-refractivity contribution in [2.45, 2.75) is 30.6 Å². The van der Waals surface area contributed by atoms with Crippen molar-refractivity contribution in [3.05, 3.63) is 42.0 Å². The van der Waals surface area contributed by atoms with Crippen molar-refractivity contribution in [1.82, 2.24) is 4.31 Å². The van der Waals surface area contributed by atoms with E-state index in [1.807, 2.05) is 18.2 Å². The minimum Gasteiger partial charge on any atom is -0.497 e. The van der Waals surface area contributed by atoms with E-state index < -0.39 is 10.0 Å². The summed E-state index contributed by atoms with van der Waals surface area (Å²) in [6.07, 6.45) is 3.59. The lowest BCUT2D eigenvalue weighted by atomic mass is 9.91. The van der Waals surface area contributed by atoms with Gasteiger partial charge in [0.1, 0.15) is 11.5 Å². The van der Waals surface area contributed by atoms with Crippen molar-refractivity contribution in [2.24, 2.45) is 5.92 Å². The Balaban J connectivity index is 1.60. The summed E-state index contributed by atoms with van der Waals surface area (Å²) in [6, 6.07) is 10.6. The Hall–Kier alpha value is -2.45. The van der Waals surface area contributed by atoms with E-state index in [4.69, 9.17) is 18.9 Å². The SMILES string of the molecule is COc1cc(CCC2CCN(S(=O)(=O)c3ccc(OC)c(OC)c3)CC2)cc(OC)c1. The summed E-state index contributed by atoms with van der Waals surface area (Å²) in [5, 5.41) is 0. The van der Waals surface area contributed by atoms with Crippen LogP contribution < -0.4 is 18.9 Å². The van der Waals surface area contributed by atoms with Crippen molar-refractivity contribution in [3.8, 4) is 23.0 Å². The Labute approximate surface area is 184 Å². The molecular weight excluding hydrogens is 418 g/mol. The van der Waals surface area contributed by atoms with E-state index in [0.717, 1.165) is 42.7 Å². The fourth-order valence-corrected chi connectivity index (χ4v) is 5.43. The van der Waals surface area contributed by atoms with Gasteiger partial charge in [-0.3, -0.25) is 0 Å². The fourth-order valence-electron chi connectivity index (χ4n) is 3.95. The van der Waals surface area contributed by atoms with Gasteiger partial charge in [-0.05, 0) is 61.4 Å². The standard InChI is InChI=1S/C23H31NO6S/c1-27-19-13-18(14-20(15-19)28-2)6-5-17-9-11-24(12-10-17)31(25,26)21-7-8-22(29-3)23(16-21)30-4/h7-8,13-17H,5-6,9-12H2,1-4H3. The second kappa shape index (κ2) is 10.2. The van der Waals surface area contributed by atoms with Gasteiger partial charge < -0.3 is 18.9 Å². The summed E-state index contributed by atoms with van der Waals surface area (Å²) in [4.78, 5) is 0.229. The first-order chi connectivity index (χ1) is 14.9. The smallest absolute Gasteiger partial charge is 0.243 e. The van der Waals surface area contributed by atoms with Crippen molar-refractivity contribution in [1.29, 1.82) is 0 Å². The van der Waals surface area contributed by atoms with E-state index in [2.05, 4.69) is 0 Å². The van der Waals surface area contributed by atoms with Crippen LogP contribution in [-0.2, 0) is 16.4 Å². The molecule has 1 aliphatic heterocycles. The van der Waals surface area contributed by atoms with Crippen LogP contribution in [0.3, 0.4) is 0 Å². The van der Waals surface area contributed by atoms with Crippen LogP contribution in [0.25, 0.3) is 0 Å².